The van der Waals surface area contributed by atoms with Crippen LogP contribution in [0.2, 0.25) is 0 Å². The first-order valence-corrected chi connectivity index (χ1v) is 25.0. The van der Waals surface area contributed by atoms with Crippen molar-refractivity contribution in [3.8, 4) is 22.3 Å². The van der Waals surface area contributed by atoms with Gasteiger partial charge in [0.2, 0.25) is 0 Å². The average Bonchev–Trinajstić information content (AvgIpc) is 4.06. The number of hydrogen-bond donors (Lipinski definition) is 0. The number of esters is 1. The Balaban J connectivity index is 0.964. The number of carbonyl (C=O) groups is 1. The minimum absolute atomic E-state index is 0.00387. The molecule has 0 amide bonds. The van der Waals surface area contributed by atoms with Crippen LogP contribution in [-0.4, -0.2) is 12.6 Å². The van der Waals surface area contributed by atoms with Crippen molar-refractivity contribution in [2.45, 2.75) is 117 Å². The topological polar surface area (TPSA) is 26.3 Å². The molecule has 0 aliphatic heterocycles. The molecule has 2 spiro atoms. The maximum atomic E-state index is 13.7. The lowest BCUT2D eigenvalue weighted by molar-refractivity contribution is -0.143. The van der Waals surface area contributed by atoms with Gasteiger partial charge in [0.1, 0.15) is 0 Å². The predicted octanol–water partition coefficient (Wildman–Crippen LogP) is 9.17. The molecule has 0 radical (unpaired) electrons. The second-order valence-electron chi connectivity index (χ2n) is 22.1. The summed E-state index contributed by atoms with van der Waals surface area (Å²) in [4.78, 5) is 13.7. The molecule has 1 heterocycles. The van der Waals surface area contributed by atoms with Crippen LogP contribution in [0.4, 0.5) is 0 Å². The molecular formula is C57H44O2S. The Labute approximate surface area is 352 Å². The molecule has 290 valence electrons. The highest BCUT2D eigenvalue weighted by Crippen LogP contribution is 2.94. The van der Waals surface area contributed by atoms with Gasteiger partial charge in [-0.2, -0.15) is 11.3 Å². The zero-order valence-corrected chi connectivity index (χ0v) is 34.6. The molecule has 14 aliphatic carbocycles. The van der Waals surface area contributed by atoms with Gasteiger partial charge in [0.25, 0.3) is 0 Å². The quantitative estimate of drug-likeness (QED) is 0.114. The van der Waals surface area contributed by atoms with Crippen LogP contribution in [0.1, 0.15) is 139 Å². The van der Waals surface area contributed by atoms with Crippen molar-refractivity contribution in [1.82, 2.24) is 0 Å². The molecule has 19 rings (SSSR count). The maximum Gasteiger partial charge on any atom is 0.305 e. The first kappa shape index (κ1) is 30.5. The number of hydrogen-bond acceptors (Lipinski definition) is 3. The highest BCUT2D eigenvalue weighted by molar-refractivity contribution is 7.07. The van der Waals surface area contributed by atoms with Crippen LogP contribution in [0.5, 0.6) is 0 Å². The van der Waals surface area contributed by atoms with E-state index in [1.807, 2.05) is 66.1 Å². The normalized spacial score (nSPS) is 38.2. The largest absolute Gasteiger partial charge is 0.465 e. The molecule has 4 aromatic carbocycles. The lowest BCUT2D eigenvalue weighted by Crippen LogP contribution is -2.42. The molecule has 2 nitrogen and oxygen atoms in total. The first-order chi connectivity index (χ1) is 29.7. The van der Waals surface area contributed by atoms with E-state index in [0.29, 0.717) is 60.4 Å². The van der Waals surface area contributed by atoms with Crippen LogP contribution in [0, 0.1) is 23.7 Å². The van der Waals surface area contributed by atoms with E-state index in [1.165, 1.54) is 56.9 Å². The number of allylic oxidation sites excluding steroid dienone is 2. The van der Waals surface area contributed by atoms with Crippen LogP contribution in [0.25, 0.3) is 55.3 Å². The van der Waals surface area contributed by atoms with Crippen LogP contribution in [0.15, 0.2) is 59.3 Å². The fraction of sp³-hybridized carbons (Fsp3) is 0.421. The predicted molar refractivity (Wildman–Crippen MR) is 236 cm³/mol. The summed E-state index contributed by atoms with van der Waals surface area (Å²) >= 11 is 1.72. The number of fused-ring (bicyclic) bond motifs is 5. The van der Waals surface area contributed by atoms with Gasteiger partial charge < -0.3 is 4.74 Å². The summed E-state index contributed by atoms with van der Waals surface area (Å²) in [7, 11) is 0. The Kier molecular flexibility index (Phi) is 4.60. The van der Waals surface area contributed by atoms with Gasteiger partial charge in [0.15, 0.2) is 0 Å². The van der Waals surface area contributed by atoms with Crippen molar-refractivity contribution in [2.24, 2.45) is 23.7 Å². The molecule has 2 saturated carbocycles. The SMILES string of the molecule is O=C(CCCC1(c2ccccc2)C23c4c5c6c7c8c4=C4CCC=8C8C=CC9C%10CCC%11C%12=c%13c%14c(c-5c5c-6c(c%10c%11c%135)C9C78)C12C(CCC43)C=%14CC%12)OCCc1ccsc1. The van der Waals surface area contributed by atoms with E-state index < -0.39 is 0 Å². The number of thiophene rings is 1. The number of ether oxygens (including phenoxy) is 1. The van der Waals surface area contributed by atoms with Gasteiger partial charge in [0.05, 0.1) is 6.61 Å². The van der Waals surface area contributed by atoms with E-state index in [4.69, 9.17) is 4.74 Å². The number of rotatable bonds is 8. The monoisotopic (exact) mass is 792 g/mol. The number of carbonyl (C=O) groups excluding carboxylic acids is 1. The van der Waals surface area contributed by atoms with Crippen molar-refractivity contribution in [1.29, 1.82) is 0 Å². The summed E-state index contributed by atoms with van der Waals surface area (Å²) in [5, 5.41) is 15.1. The van der Waals surface area contributed by atoms with Gasteiger partial charge in [-0.1, -0.05) is 64.8 Å². The lowest BCUT2D eigenvalue weighted by atomic mass is 9.59. The molecule has 2 fully saturated rings. The molecule has 0 bridgehead atoms. The first-order valence-electron chi connectivity index (χ1n) is 24.1. The van der Waals surface area contributed by atoms with Crippen LogP contribution in [0.3, 0.4) is 0 Å². The molecule has 3 heteroatoms. The highest BCUT2D eigenvalue weighted by atomic mass is 32.1. The van der Waals surface area contributed by atoms with Gasteiger partial charge in [-0.15, -0.1) is 0 Å². The molecule has 14 aliphatic rings. The molecule has 0 saturated heterocycles. The third kappa shape index (κ3) is 2.49. The molecule has 1 aromatic heterocycles. The van der Waals surface area contributed by atoms with Gasteiger partial charge >= 0.3 is 5.97 Å². The van der Waals surface area contributed by atoms with E-state index in [2.05, 4.69) is 59.3 Å². The fourth-order valence-corrected chi connectivity index (χ4v) is 21.7. The van der Waals surface area contributed by atoms with Gasteiger partial charge in [-0.05, 0) is 209 Å². The summed E-state index contributed by atoms with van der Waals surface area (Å²) in [6, 6.07) is 14.3. The van der Waals surface area contributed by atoms with Crippen molar-refractivity contribution in [3.63, 3.8) is 0 Å². The summed E-state index contributed by atoms with van der Waals surface area (Å²) in [5.41, 5.74) is 28.7. The van der Waals surface area contributed by atoms with E-state index in [1.54, 1.807) is 60.4 Å². The molecule has 0 N–H and O–H groups in total. The van der Waals surface area contributed by atoms with E-state index in [-0.39, 0.29) is 22.2 Å². The molecular weight excluding hydrogens is 749 g/mol. The molecule has 60 heavy (non-hydrogen) atoms. The van der Waals surface area contributed by atoms with Gasteiger partial charge in [-0.25, -0.2) is 0 Å². The van der Waals surface area contributed by atoms with Crippen molar-refractivity contribution in [3.05, 3.63) is 125 Å². The van der Waals surface area contributed by atoms with E-state index in [9.17, 15) is 4.79 Å². The third-order valence-corrected chi connectivity index (χ3v) is 22.2. The minimum atomic E-state index is -0.0465. The van der Waals surface area contributed by atoms with Gasteiger partial charge in [-0.3, -0.25) is 4.79 Å². The van der Waals surface area contributed by atoms with E-state index >= 15 is 0 Å². The van der Waals surface area contributed by atoms with Crippen LogP contribution >= 0.6 is 11.3 Å². The zero-order valence-electron chi connectivity index (χ0n) is 33.8. The Hall–Kier alpha value is -4.47. The summed E-state index contributed by atoms with van der Waals surface area (Å²) in [6.45, 7) is 0.484. The number of benzene rings is 4. The minimum Gasteiger partial charge on any atom is -0.465 e. The average molecular weight is 793 g/mol. The van der Waals surface area contributed by atoms with Crippen molar-refractivity contribution < 1.29 is 9.53 Å². The molecule has 5 aromatic rings. The Morgan fingerprint density at radius 1 is 0.700 bits per heavy atom. The van der Waals surface area contributed by atoms with Crippen molar-refractivity contribution in [2.75, 3.05) is 6.61 Å². The fourth-order valence-electron chi connectivity index (χ4n) is 21.0. The van der Waals surface area contributed by atoms with Crippen LogP contribution < -0.4 is 20.9 Å². The Morgan fingerprint density at radius 2 is 1.50 bits per heavy atom. The maximum absolute atomic E-state index is 13.7. The van der Waals surface area contributed by atoms with Gasteiger partial charge in [0, 0.05) is 46.8 Å². The molecule has 11 atom stereocenters. The second kappa shape index (κ2) is 9.03. The third-order valence-electron chi connectivity index (χ3n) is 21.4. The second-order valence-corrected chi connectivity index (χ2v) is 22.8. The highest BCUT2D eigenvalue weighted by Gasteiger charge is 2.96. The smallest absolute Gasteiger partial charge is 0.305 e. The Morgan fingerprint density at radius 3 is 2.33 bits per heavy atom. The zero-order chi connectivity index (χ0) is 38.1. The molecule has 11 unspecified atom stereocenters. The summed E-state index contributed by atoms with van der Waals surface area (Å²) in [5.74, 6) is 5.13. The van der Waals surface area contributed by atoms with E-state index in [0.717, 1.165) is 19.3 Å². The van der Waals surface area contributed by atoms with Crippen molar-refractivity contribution >= 4 is 50.4 Å². The van der Waals surface area contributed by atoms with Crippen LogP contribution in [-0.2, 0) is 32.2 Å². The lowest BCUT2D eigenvalue weighted by Gasteiger charge is -2.43. The standard InChI is InChI=1S/C57H44O2S/c58-36(59-21-18-24-19-22-60-23-24)7-4-20-55(25-5-2-1-3-6-25)56-34-16-17-35-33-15-13-31-29-11-9-27-26-8-10-28-30-12-14-32(34)43-41(30)46-39(28)37(26)45-38(27)40(29)47-42(31)44(33)54(57(35,55)56)52-50(47)48(45)49(46)51(52)53(43)56/h1-3,5-6,8,10,19,22-23,26-29,34-35,37,39H,4,7,9,11-18,20-21H2. The Bertz CT molecular complexity index is 3470. The summed E-state index contributed by atoms with van der Waals surface area (Å²) < 4.78 is 6.02. The summed E-state index contributed by atoms with van der Waals surface area (Å²) in [6.07, 6.45) is 19.4.